The maximum atomic E-state index is 12.1. The summed E-state index contributed by atoms with van der Waals surface area (Å²) >= 11 is 0. The van der Waals surface area contributed by atoms with Gasteiger partial charge in [-0.25, -0.2) is 0 Å². The van der Waals surface area contributed by atoms with E-state index in [1.807, 2.05) is 33.0 Å². The molecule has 1 amide bonds. The molecular formula is C15H18N2O2. The molecule has 0 fully saturated rings. The van der Waals surface area contributed by atoms with Gasteiger partial charge in [0.05, 0.1) is 11.3 Å². The maximum absolute atomic E-state index is 12.1. The molecule has 0 saturated heterocycles. The highest BCUT2D eigenvalue weighted by Gasteiger charge is 2.37. The van der Waals surface area contributed by atoms with E-state index in [-0.39, 0.29) is 0 Å². The van der Waals surface area contributed by atoms with E-state index in [9.17, 15) is 9.59 Å². The number of hydrogen-bond donors (Lipinski definition) is 1. The number of hydrogen-bond acceptors (Lipinski definition) is 3. The average molecular weight is 258 g/mol. The first-order chi connectivity index (χ1) is 8.95. The van der Waals surface area contributed by atoms with E-state index in [1.54, 1.807) is 0 Å². The van der Waals surface area contributed by atoms with E-state index in [2.05, 4.69) is 11.9 Å². The number of ketones is 1. The Kier molecular flexibility index (Phi) is 3.53. The molecule has 0 aliphatic carbocycles. The minimum atomic E-state index is -0.457. The molecule has 0 spiro atoms. The number of carbonyl (C=O) groups excluding carboxylic acids is 2. The lowest BCUT2D eigenvalue weighted by molar-refractivity contribution is -0.114. The topological polar surface area (TPSA) is 49.4 Å². The number of amides is 1. The molecule has 1 aliphatic rings. The van der Waals surface area contributed by atoms with Gasteiger partial charge in [-0.3, -0.25) is 9.59 Å². The molecule has 19 heavy (non-hydrogen) atoms. The number of benzene rings is 1. The Morgan fingerprint density at radius 2 is 2.00 bits per heavy atom. The lowest BCUT2D eigenvalue weighted by Gasteiger charge is -2.18. The first-order valence-electron chi connectivity index (χ1n) is 6.24. The summed E-state index contributed by atoms with van der Waals surface area (Å²) in [6, 6.07) is 3.81. The van der Waals surface area contributed by atoms with Crippen LogP contribution in [0.25, 0.3) is 0 Å². The molecule has 0 saturated carbocycles. The van der Waals surface area contributed by atoms with Crippen LogP contribution in [0.15, 0.2) is 24.3 Å². The number of nitrogens with one attached hydrogen (secondary N) is 1. The zero-order valence-corrected chi connectivity index (χ0v) is 11.5. The fourth-order valence-corrected chi connectivity index (χ4v) is 2.48. The molecule has 4 heteroatoms. The van der Waals surface area contributed by atoms with Crippen LogP contribution in [0.4, 0.5) is 5.69 Å². The minimum absolute atomic E-state index is 0.376. The molecule has 1 N–H and O–H groups in total. The Morgan fingerprint density at radius 1 is 1.32 bits per heavy atom. The van der Waals surface area contributed by atoms with Crippen molar-refractivity contribution < 1.29 is 9.59 Å². The average Bonchev–Trinajstić information content (AvgIpc) is 2.54. The van der Waals surface area contributed by atoms with Gasteiger partial charge in [-0.1, -0.05) is 12.6 Å². The van der Waals surface area contributed by atoms with Crippen molar-refractivity contribution in [3.63, 3.8) is 0 Å². The molecule has 1 aromatic carbocycles. The van der Waals surface area contributed by atoms with Crippen molar-refractivity contribution in [3.8, 4) is 0 Å². The lowest BCUT2D eigenvalue weighted by Crippen LogP contribution is -2.33. The highest BCUT2D eigenvalue weighted by Crippen LogP contribution is 2.32. The summed E-state index contributed by atoms with van der Waals surface area (Å²) in [5.41, 5.74) is 4.02. The largest absolute Gasteiger partial charge is 0.316 e. The van der Waals surface area contributed by atoms with E-state index in [1.165, 1.54) is 4.90 Å². The number of nitrogens with zero attached hydrogens (tertiary/aromatic N) is 1. The summed E-state index contributed by atoms with van der Waals surface area (Å²) in [6.07, 6.45) is 0. The summed E-state index contributed by atoms with van der Waals surface area (Å²) in [5, 5.41) is 2.99. The second-order valence-electron chi connectivity index (χ2n) is 4.98. The van der Waals surface area contributed by atoms with E-state index >= 15 is 0 Å². The lowest BCUT2D eigenvalue weighted by atomic mass is 10.0. The van der Waals surface area contributed by atoms with Crippen LogP contribution in [0.1, 0.15) is 21.5 Å². The summed E-state index contributed by atoms with van der Waals surface area (Å²) in [5.74, 6) is -0.870. The van der Waals surface area contributed by atoms with Crippen LogP contribution < -0.4 is 10.2 Å². The van der Waals surface area contributed by atoms with Crippen LogP contribution in [0.5, 0.6) is 0 Å². The van der Waals surface area contributed by atoms with E-state index in [0.717, 1.165) is 16.7 Å². The summed E-state index contributed by atoms with van der Waals surface area (Å²) in [4.78, 5) is 25.6. The fourth-order valence-electron chi connectivity index (χ4n) is 2.48. The van der Waals surface area contributed by atoms with Crippen LogP contribution in [0.2, 0.25) is 0 Å². The molecule has 0 radical (unpaired) electrons. The quantitative estimate of drug-likeness (QED) is 0.659. The van der Waals surface area contributed by atoms with Gasteiger partial charge in [-0.2, -0.15) is 0 Å². The Morgan fingerprint density at radius 3 is 2.63 bits per heavy atom. The normalized spacial score (nSPS) is 13.9. The number of likely N-dealkylation sites (N-methyl/N-ethyl adjacent to an activating group) is 1. The standard InChI is InChI=1S/C15H18N2O2/c1-9-5-11(3)13-12(6-9)17(15(19)14(13)18)8-10(2)7-16-4/h5-6,16H,2,7-8H2,1,3-4H3. The van der Waals surface area contributed by atoms with Crippen molar-refractivity contribution in [2.75, 3.05) is 25.0 Å². The van der Waals surface area contributed by atoms with Gasteiger partial charge in [-0.15, -0.1) is 0 Å². The van der Waals surface area contributed by atoms with Crippen LogP contribution in [0, 0.1) is 13.8 Å². The van der Waals surface area contributed by atoms with E-state index < -0.39 is 11.7 Å². The number of rotatable bonds is 4. The number of carbonyl (C=O) groups is 2. The molecule has 4 nitrogen and oxygen atoms in total. The van der Waals surface area contributed by atoms with E-state index in [4.69, 9.17) is 0 Å². The zero-order chi connectivity index (χ0) is 14.2. The fraction of sp³-hybridized carbons (Fsp3) is 0.333. The van der Waals surface area contributed by atoms with Gasteiger partial charge in [0, 0.05) is 13.1 Å². The van der Waals surface area contributed by atoms with Crippen molar-refractivity contribution in [3.05, 3.63) is 41.0 Å². The van der Waals surface area contributed by atoms with Gasteiger partial charge in [0.1, 0.15) is 0 Å². The Bertz CT molecular complexity index is 576. The van der Waals surface area contributed by atoms with Crippen molar-refractivity contribution in [1.29, 1.82) is 0 Å². The molecule has 2 rings (SSSR count). The molecule has 1 heterocycles. The first kappa shape index (κ1) is 13.5. The molecule has 0 atom stereocenters. The third-order valence-electron chi connectivity index (χ3n) is 3.22. The number of fused-ring (bicyclic) bond motifs is 1. The van der Waals surface area contributed by atoms with Gasteiger partial charge >= 0.3 is 0 Å². The smallest absolute Gasteiger partial charge is 0.299 e. The Balaban J connectivity index is 2.41. The van der Waals surface area contributed by atoms with Gasteiger partial charge in [0.15, 0.2) is 0 Å². The van der Waals surface area contributed by atoms with Gasteiger partial charge in [0.2, 0.25) is 0 Å². The SMILES string of the molecule is C=C(CNC)CN1C(=O)C(=O)c2c(C)cc(C)cc21. The molecule has 100 valence electrons. The van der Waals surface area contributed by atoms with E-state index in [0.29, 0.717) is 24.3 Å². The summed E-state index contributed by atoms with van der Waals surface area (Å²) < 4.78 is 0. The molecular weight excluding hydrogens is 240 g/mol. The monoisotopic (exact) mass is 258 g/mol. The predicted molar refractivity (Wildman–Crippen MR) is 75.7 cm³/mol. The van der Waals surface area contributed by atoms with Crippen LogP contribution in [-0.2, 0) is 4.79 Å². The summed E-state index contributed by atoms with van der Waals surface area (Å²) in [6.45, 7) is 8.74. The third kappa shape index (κ3) is 2.31. The van der Waals surface area contributed by atoms with Crippen LogP contribution in [-0.4, -0.2) is 31.8 Å². The number of anilines is 1. The summed E-state index contributed by atoms with van der Waals surface area (Å²) in [7, 11) is 1.82. The minimum Gasteiger partial charge on any atom is -0.316 e. The second kappa shape index (κ2) is 4.97. The van der Waals surface area contributed by atoms with Crippen molar-refractivity contribution in [2.24, 2.45) is 0 Å². The van der Waals surface area contributed by atoms with Crippen molar-refractivity contribution in [2.45, 2.75) is 13.8 Å². The predicted octanol–water partition coefficient (Wildman–Crippen LogP) is 1.61. The van der Waals surface area contributed by atoms with Gasteiger partial charge < -0.3 is 10.2 Å². The maximum Gasteiger partial charge on any atom is 0.299 e. The van der Waals surface area contributed by atoms with Gasteiger partial charge in [0.25, 0.3) is 11.7 Å². The first-order valence-corrected chi connectivity index (χ1v) is 6.24. The highest BCUT2D eigenvalue weighted by molar-refractivity contribution is 6.52. The number of aryl methyl sites for hydroxylation is 2. The van der Waals surface area contributed by atoms with Gasteiger partial charge in [-0.05, 0) is 43.7 Å². The Labute approximate surface area is 113 Å². The molecule has 1 aliphatic heterocycles. The third-order valence-corrected chi connectivity index (χ3v) is 3.22. The molecule has 0 aromatic heterocycles. The molecule has 1 aromatic rings. The van der Waals surface area contributed by atoms with Crippen molar-refractivity contribution >= 4 is 17.4 Å². The second-order valence-corrected chi connectivity index (χ2v) is 4.98. The highest BCUT2D eigenvalue weighted by atomic mass is 16.2. The Hall–Kier alpha value is -1.94. The van der Waals surface area contributed by atoms with Crippen molar-refractivity contribution in [1.82, 2.24) is 5.32 Å². The molecule has 0 unspecified atom stereocenters. The number of Topliss-reactive ketones (excluding diaryl/α,β-unsaturated/α-hetero) is 1. The molecule has 0 bridgehead atoms. The zero-order valence-electron chi connectivity index (χ0n) is 11.5. The van der Waals surface area contributed by atoms with Crippen LogP contribution >= 0.6 is 0 Å². The van der Waals surface area contributed by atoms with Crippen LogP contribution in [0.3, 0.4) is 0 Å².